The zero-order chi connectivity index (χ0) is 14.5. The molecule has 2 saturated heterocycles. The number of amides is 1. The van der Waals surface area contributed by atoms with Crippen LogP contribution in [0.3, 0.4) is 0 Å². The summed E-state index contributed by atoms with van der Waals surface area (Å²) in [5, 5.41) is 16.8. The fourth-order valence-electron chi connectivity index (χ4n) is 3.33. The third kappa shape index (κ3) is 3.71. The Morgan fingerprint density at radius 2 is 2.10 bits per heavy atom. The van der Waals surface area contributed by atoms with E-state index >= 15 is 0 Å². The number of hydrogen-bond acceptors (Lipinski definition) is 4. The lowest BCUT2D eigenvalue weighted by Gasteiger charge is -2.38. The van der Waals surface area contributed by atoms with Crippen LogP contribution in [-0.4, -0.2) is 49.5 Å². The summed E-state index contributed by atoms with van der Waals surface area (Å²) in [5.41, 5.74) is -1.07. The van der Waals surface area contributed by atoms with Crippen LogP contribution in [0.1, 0.15) is 45.4 Å². The fraction of sp³-hybridized carbons (Fsp3) is 0.933. The van der Waals surface area contributed by atoms with E-state index < -0.39 is 5.60 Å². The number of carbonyl (C=O) groups excluding carboxylic acids is 1. The van der Waals surface area contributed by atoms with E-state index in [1.807, 2.05) is 0 Å². The Labute approximate surface area is 121 Å². The van der Waals surface area contributed by atoms with Gasteiger partial charge in [0.1, 0.15) is 0 Å². The van der Waals surface area contributed by atoms with Crippen LogP contribution in [0.15, 0.2) is 0 Å². The average Bonchev–Trinajstić information content (AvgIpc) is 2.47. The van der Waals surface area contributed by atoms with Crippen molar-refractivity contribution in [2.45, 2.75) is 51.0 Å². The van der Waals surface area contributed by atoms with Crippen LogP contribution in [0.5, 0.6) is 0 Å². The summed E-state index contributed by atoms with van der Waals surface area (Å²) in [6.07, 6.45) is 5.12. The van der Waals surface area contributed by atoms with Crippen molar-refractivity contribution in [1.82, 2.24) is 10.6 Å². The average molecular weight is 284 g/mol. The van der Waals surface area contributed by atoms with Gasteiger partial charge in [-0.3, -0.25) is 4.79 Å². The van der Waals surface area contributed by atoms with Crippen LogP contribution in [0, 0.1) is 5.41 Å². The molecule has 5 heteroatoms. The summed E-state index contributed by atoms with van der Waals surface area (Å²) < 4.78 is 5.26. The van der Waals surface area contributed by atoms with Crippen LogP contribution in [0.4, 0.5) is 0 Å². The lowest BCUT2D eigenvalue weighted by Crippen LogP contribution is -2.54. The molecule has 0 aromatic rings. The fourth-order valence-corrected chi connectivity index (χ4v) is 3.33. The highest BCUT2D eigenvalue weighted by molar-refractivity contribution is 5.83. The molecule has 0 saturated carbocycles. The second-order valence-electron chi connectivity index (χ2n) is 6.33. The molecular weight excluding hydrogens is 256 g/mol. The van der Waals surface area contributed by atoms with Crippen molar-refractivity contribution in [3.05, 3.63) is 0 Å². The Morgan fingerprint density at radius 3 is 2.70 bits per heavy atom. The molecule has 1 unspecified atom stereocenters. The Bertz CT molecular complexity index is 316. The van der Waals surface area contributed by atoms with Crippen molar-refractivity contribution in [1.29, 1.82) is 0 Å². The van der Waals surface area contributed by atoms with E-state index in [2.05, 4.69) is 17.6 Å². The molecule has 2 aliphatic rings. The summed E-state index contributed by atoms with van der Waals surface area (Å²) in [6, 6.07) is 0. The predicted molar refractivity (Wildman–Crippen MR) is 77.5 cm³/mol. The number of piperidine rings is 1. The van der Waals surface area contributed by atoms with E-state index in [0.29, 0.717) is 32.6 Å². The molecule has 0 bridgehead atoms. The Morgan fingerprint density at radius 1 is 1.35 bits per heavy atom. The Kier molecular flexibility index (Phi) is 5.41. The van der Waals surface area contributed by atoms with E-state index in [0.717, 1.165) is 38.8 Å². The first-order valence-corrected chi connectivity index (χ1v) is 7.89. The third-order valence-electron chi connectivity index (χ3n) is 4.68. The largest absolute Gasteiger partial charge is 0.388 e. The van der Waals surface area contributed by atoms with Crippen LogP contribution in [-0.2, 0) is 9.53 Å². The minimum absolute atomic E-state index is 0.103. The molecule has 0 aliphatic carbocycles. The predicted octanol–water partition coefficient (Wildman–Crippen LogP) is 0.814. The number of aliphatic hydroxyl groups is 1. The second kappa shape index (κ2) is 6.87. The van der Waals surface area contributed by atoms with Gasteiger partial charge in [-0.25, -0.2) is 0 Å². The lowest BCUT2D eigenvalue weighted by atomic mass is 9.76. The maximum Gasteiger partial charge on any atom is 0.227 e. The smallest absolute Gasteiger partial charge is 0.227 e. The van der Waals surface area contributed by atoms with E-state index in [1.54, 1.807) is 0 Å². The topological polar surface area (TPSA) is 70.6 Å². The zero-order valence-electron chi connectivity index (χ0n) is 12.5. The van der Waals surface area contributed by atoms with Crippen LogP contribution < -0.4 is 10.6 Å². The van der Waals surface area contributed by atoms with Gasteiger partial charge in [0.05, 0.1) is 11.0 Å². The molecule has 2 heterocycles. The first-order valence-electron chi connectivity index (χ1n) is 7.89. The highest BCUT2D eigenvalue weighted by Gasteiger charge is 2.40. The van der Waals surface area contributed by atoms with Gasteiger partial charge in [0, 0.05) is 39.1 Å². The third-order valence-corrected chi connectivity index (χ3v) is 4.68. The molecule has 2 rings (SSSR count). The van der Waals surface area contributed by atoms with Crippen molar-refractivity contribution in [3.63, 3.8) is 0 Å². The van der Waals surface area contributed by atoms with Gasteiger partial charge in [-0.1, -0.05) is 13.3 Å². The van der Waals surface area contributed by atoms with Crippen molar-refractivity contribution in [3.8, 4) is 0 Å². The van der Waals surface area contributed by atoms with Gasteiger partial charge in [0.25, 0.3) is 0 Å². The molecule has 1 atom stereocenters. The molecule has 116 valence electrons. The molecule has 2 aliphatic heterocycles. The monoisotopic (exact) mass is 284 g/mol. The molecule has 1 amide bonds. The molecular formula is C15H28N2O3. The Hall–Kier alpha value is -0.650. The van der Waals surface area contributed by atoms with E-state index in [-0.39, 0.29) is 11.3 Å². The van der Waals surface area contributed by atoms with Crippen molar-refractivity contribution in [2.24, 2.45) is 5.41 Å². The van der Waals surface area contributed by atoms with Gasteiger partial charge in [0.15, 0.2) is 0 Å². The normalized spacial score (nSPS) is 29.9. The van der Waals surface area contributed by atoms with Crippen LogP contribution >= 0.6 is 0 Å². The quantitative estimate of drug-likeness (QED) is 0.699. The van der Waals surface area contributed by atoms with Crippen molar-refractivity contribution < 1.29 is 14.6 Å². The van der Waals surface area contributed by atoms with Crippen molar-refractivity contribution in [2.75, 3.05) is 32.8 Å². The summed E-state index contributed by atoms with van der Waals surface area (Å²) >= 11 is 0. The maximum absolute atomic E-state index is 12.6. The number of hydrogen-bond donors (Lipinski definition) is 3. The minimum atomic E-state index is -0.788. The van der Waals surface area contributed by atoms with E-state index in [4.69, 9.17) is 4.74 Å². The van der Waals surface area contributed by atoms with E-state index in [1.165, 1.54) is 0 Å². The highest BCUT2D eigenvalue weighted by atomic mass is 16.5. The zero-order valence-corrected chi connectivity index (χ0v) is 12.5. The van der Waals surface area contributed by atoms with Crippen LogP contribution in [0.2, 0.25) is 0 Å². The molecule has 0 aromatic heterocycles. The molecule has 0 aromatic carbocycles. The van der Waals surface area contributed by atoms with Gasteiger partial charge in [-0.05, 0) is 25.8 Å². The Balaban J connectivity index is 1.91. The van der Waals surface area contributed by atoms with Gasteiger partial charge < -0.3 is 20.5 Å². The highest BCUT2D eigenvalue weighted by Crippen LogP contribution is 2.32. The summed E-state index contributed by atoms with van der Waals surface area (Å²) in [6.45, 7) is 5.38. The molecule has 2 fully saturated rings. The molecule has 20 heavy (non-hydrogen) atoms. The SMILES string of the molecule is CCCC1(C(=O)NCC2(O)CCOCC2)CCCNC1. The first kappa shape index (κ1) is 15.7. The van der Waals surface area contributed by atoms with Gasteiger partial charge in [0.2, 0.25) is 5.91 Å². The maximum atomic E-state index is 12.6. The lowest BCUT2D eigenvalue weighted by molar-refractivity contribution is -0.135. The second-order valence-corrected chi connectivity index (χ2v) is 6.33. The number of rotatable bonds is 5. The van der Waals surface area contributed by atoms with Gasteiger partial charge in [-0.15, -0.1) is 0 Å². The molecule has 0 radical (unpaired) electrons. The summed E-state index contributed by atoms with van der Waals surface area (Å²) in [5.74, 6) is 0.103. The summed E-state index contributed by atoms with van der Waals surface area (Å²) in [4.78, 5) is 12.6. The first-order chi connectivity index (χ1) is 9.60. The summed E-state index contributed by atoms with van der Waals surface area (Å²) in [7, 11) is 0. The molecule has 5 nitrogen and oxygen atoms in total. The van der Waals surface area contributed by atoms with E-state index in [9.17, 15) is 9.90 Å². The van der Waals surface area contributed by atoms with Gasteiger partial charge >= 0.3 is 0 Å². The number of carbonyl (C=O) groups is 1. The van der Waals surface area contributed by atoms with Crippen molar-refractivity contribution >= 4 is 5.91 Å². The van der Waals surface area contributed by atoms with Gasteiger partial charge in [-0.2, -0.15) is 0 Å². The van der Waals surface area contributed by atoms with Crippen LogP contribution in [0.25, 0.3) is 0 Å². The molecule has 3 N–H and O–H groups in total. The number of nitrogens with one attached hydrogen (secondary N) is 2. The minimum Gasteiger partial charge on any atom is -0.388 e. The molecule has 0 spiro atoms. The standard InChI is InChI=1S/C15H28N2O3/c1-2-4-14(5-3-8-16-11-14)13(18)17-12-15(19)6-9-20-10-7-15/h16,19H,2-12H2,1H3,(H,17,18). The number of ether oxygens (including phenoxy) is 1.